The molecule has 5 aliphatic rings. The molecule has 0 saturated heterocycles. The van der Waals surface area contributed by atoms with Crippen LogP contribution in [0.25, 0.3) is 0 Å². The van der Waals surface area contributed by atoms with E-state index in [1.807, 2.05) is 19.2 Å². The summed E-state index contributed by atoms with van der Waals surface area (Å²) in [5.41, 5.74) is -0.131. The van der Waals surface area contributed by atoms with Crippen molar-refractivity contribution in [3.8, 4) is 0 Å². The van der Waals surface area contributed by atoms with E-state index in [0.717, 1.165) is 48.5 Å². The van der Waals surface area contributed by atoms with Crippen molar-refractivity contribution in [3.63, 3.8) is 0 Å². The van der Waals surface area contributed by atoms with E-state index < -0.39 is 0 Å². The second kappa shape index (κ2) is 7.17. The van der Waals surface area contributed by atoms with Crippen LogP contribution in [0.2, 0.25) is 0 Å². The Bertz CT molecular complexity index is 763. The van der Waals surface area contributed by atoms with Crippen LogP contribution in [0.15, 0.2) is 16.5 Å². The van der Waals surface area contributed by atoms with Gasteiger partial charge in [0.25, 0.3) is 0 Å². The molecule has 1 aromatic heterocycles. The van der Waals surface area contributed by atoms with Gasteiger partial charge in [0.2, 0.25) is 11.8 Å². The van der Waals surface area contributed by atoms with Crippen LogP contribution < -0.4 is 5.32 Å². The van der Waals surface area contributed by atoms with Crippen molar-refractivity contribution in [1.29, 1.82) is 0 Å². The predicted molar refractivity (Wildman–Crippen MR) is 110 cm³/mol. The molecule has 4 bridgehead atoms. The Hall–Kier alpha value is -1.78. The largest absolute Gasteiger partial charge is 0.464 e. The standard InChI is InChI=1S/C24H34N2O3/c1-15-7-20(15)21-4-3-19(29-21)14-26(2)22(27)5-6-25-23(28)24-11-16-8-17(12-24)10-18(9-16)13-24/h3-4,15-18,20H,5-14H2,1-2H3,(H,25,28)/t15-,16?,17?,18?,20+,24?/m0/s1. The minimum absolute atomic E-state index is 0.0496. The van der Waals surface area contributed by atoms with Gasteiger partial charge in [-0.15, -0.1) is 0 Å². The van der Waals surface area contributed by atoms with Gasteiger partial charge in [-0.25, -0.2) is 0 Å². The Balaban J connectivity index is 1.08. The highest BCUT2D eigenvalue weighted by Gasteiger charge is 2.54. The van der Waals surface area contributed by atoms with Crippen LogP contribution in [-0.4, -0.2) is 30.3 Å². The molecule has 29 heavy (non-hydrogen) atoms. The van der Waals surface area contributed by atoms with Crippen LogP contribution in [0.1, 0.15) is 75.7 Å². The highest BCUT2D eigenvalue weighted by Crippen LogP contribution is 2.60. The highest BCUT2D eigenvalue weighted by atomic mass is 16.3. The maximum Gasteiger partial charge on any atom is 0.226 e. The average Bonchev–Trinajstić information content (AvgIpc) is 3.21. The zero-order valence-electron chi connectivity index (χ0n) is 17.8. The first-order valence-electron chi connectivity index (χ1n) is 11.5. The quantitative estimate of drug-likeness (QED) is 0.753. The van der Waals surface area contributed by atoms with Gasteiger partial charge in [-0.2, -0.15) is 0 Å². The van der Waals surface area contributed by atoms with Gasteiger partial charge in [-0.1, -0.05) is 6.92 Å². The number of rotatable bonds is 7. The lowest BCUT2D eigenvalue weighted by atomic mass is 9.49. The first-order chi connectivity index (χ1) is 13.9. The fourth-order valence-corrected chi connectivity index (χ4v) is 6.77. The van der Waals surface area contributed by atoms with Gasteiger partial charge >= 0.3 is 0 Å². The number of carbonyl (C=O) groups is 2. The molecule has 1 N–H and O–H groups in total. The topological polar surface area (TPSA) is 62.6 Å². The van der Waals surface area contributed by atoms with Crippen LogP contribution >= 0.6 is 0 Å². The molecule has 0 radical (unpaired) electrons. The van der Waals surface area contributed by atoms with Crippen molar-refractivity contribution < 1.29 is 14.0 Å². The minimum Gasteiger partial charge on any atom is -0.464 e. The lowest BCUT2D eigenvalue weighted by Gasteiger charge is -2.55. The predicted octanol–water partition coefficient (Wildman–Crippen LogP) is 4.08. The van der Waals surface area contributed by atoms with Crippen LogP contribution in [0, 0.1) is 29.1 Å². The van der Waals surface area contributed by atoms with Gasteiger partial charge in [0, 0.05) is 31.3 Å². The van der Waals surface area contributed by atoms with E-state index in [1.165, 1.54) is 25.7 Å². The molecule has 5 nitrogen and oxygen atoms in total. The first kappa shape index (κ1) is 19.2. The molecule has 6 rings (SSSR count). The molecule has 158 valence electrons. The molecule has 1 heterocycles. The summed E-state index contributed by atoms with van der Waals surface area (Å²) < 4.78 is 5.92. The number of amides is 2. The Morgan fingerprint density at radius 2 is 1.72 bits per heavy atom. The Morgan fingerprint density at radius 1 is 1.10 bits per heavy atom. The number of furan rings is 1. The summed E-state index contributed by atoms with van der Waals surface area (Å²) in [5.74, 6) is 5.71. The van der Waals surface area contributed by atoms with Crippen LogP contribution in [0.4, 0.5) is 0 Å². The van der Waals surface area contributed by atoms with Gasteiger partial charge in [0.1, 0.15) is 11.5 Å². The number of hydrogen-bond acceptors (Lipinski definition) is 3. The van der Waals surface area contributed by atoms with Crippen molar-refractivity contribution in [2.45, 2.75) is 70.8 Å². The smallest absolute Gasteiger partial charge is 0.226 e. The number of hydrogen-bond donors (Lipinski definition) is 1. The van der Waals surface area contributed by atoms with E-state index in [-0.39, 0.29) is 17.2 Å². The molecule has 5 saturated carbocycles. The third-order valence-corrected chi connectivity index (χ3v) is 8.12. The summed E-state index contributed by atoms with van der Waals surface area (Å²) in [6.45, 7) is 3.16. The summed E-state index contributed by atoms with van der Waals surface area (Å²) in [7, 11) is 1.81. The summed E-state index contributed by atoms with van der Waals surface area (Å²) in [6.07, 6.45) is 8.77. The molecule has 5 fully saturated rings. The summed E-state index contributed by atoms with van der Waals surface area (Å²) >= 11 is 0. The molecule has 2 atom stereocenters. The van der Waals surface area contributed by atoms with E-state index in [1.54, 1.807) is 4.90 Å². The lowest BCUT2D eigenvalue weighted by Crippen LogP contribution is -2.53. The third-order valence-electron chi connectivity index (χ3n) is 8.12. The average molecular weight is 399 g/mol. The zero-order valence-corrected chi connectivity index (χ0v) is 17.8. The summed E-state index contributed by atoms with van der Waals surface area (Å²) in [6, 6.07) is 4.03. The minimum atomic E-state index is -0.131. The Kier molecular flexibility index (Phi) is 4.75. The van der Waals surface area contributed by atoms with Crippen molar-refractivity contribution in [1.82, 2.24) is 10.2 Å². The fraction of sp³-hybridized carbons (Fsp3) is 0.750. The van der Waals surface area contributed by atoms with E-state index in [4.69, 9.17) is 4.42 Å². The Morgan fingerprint density at radius 3 is 2.31 bits per heavy atom. The van der Waals surface area contributed by atoms with E-state index >= 15 is 0 Å². The van der Waals surface area contributed by atoms with E-state index in [2.05, 4.69) is 12.2 Å². The molecule has 1 aromatic rings. The highest BCUT2D eigenvalue weighted by molar-refractivity contribution is 5.84. The van der Waals surface area contributed by atoms with Crippen LogP contribution in [0.3, 0.4) is 0 Å². The maximum absolute atomic E-state index is 13.0. The molecular formula is C24H34N2O3. The first-order valence-corrected chi connectivity index (χ1v) is 11.5. The summed E-state index contributed by atoms with van der Waals surface area (Å²) in [5, 5.41) is 3.11. The van der Waals surface area contributed by atoms with E-state index in [0.29, 0.717) is 31.3 Å². The van der Waals surface area contributed by atoms with Crippen molar-refractivity contribution >= 4 is 11.8 Å². The number of carbonyl (C=O) groups excluding carboxylic acids is 2. The molecular weight excluding hydrogens is 364 g/mol. The van der Waals surface area contributed by atoms with Crippen molar-refractivity contribution in [2.24, 2.45) is 29.1 Å². The van der Waals surface area contributed by atoms with Gasteiger partial charge in [0.15, 0.2) is 0 Å². The maximum atomic E-state index is 13.0. The molecule has 0 spiro atoms. The van der Waals surface area contributed by atoms with Crippen LogP contribution in [-0.2, 0) is 16.1 Å². The SMILES string of the molecule is C[C@H]1C[C@H]1c1ccc(CN(C)C(=O)CCNC(=O)C23CC4CC(CC(C4)C2)C3)o1. The monoisotopic (exact) mass is 398 g/mol. The molecule has 0 aromatic carbocycles. The second-order valence-electron chi connectivity index (χ2n) is 10.6. The fourth-order valence-electron chi connectivity index (χ4n) is 6.77. The third kappa shape index (κ3) is 3.73. The van der Waals surface area contributed by atoms with Gasteiger partial charge in [-0.3, -0.25) is 9.59 Å². The number of nitrogens with one attached hydrogen (secondary N) is 1. The molecule has 0 aliphatic heterocycles. The Labute approximate surface area is 173 Å². The molecule has 2 amide bonds. The van der Waals surface area contributed by atoms with Gasteiger partial charge in [-0.05, 0) is 80.8 Å². The summed E-state index contributed by atoms with van der Waals surface area (Å²) in [4.78, 5) is 27.2. The van der Waals surface area contributed by atoms with Gasteiger partial charge in [0.05, 0.1) is 6.54 Å². The normalized spacial score (nSPS) is 36.8. The molecule has 0 unspecified atom stereocenters. The van der Waals surface area contributed by atoms with Crippen molar-refractivity contribution in [3.05, 3.63) is 23.7 Å². The molecule has 5 heteroatoms. The second-order valence-corrected chi connectivity index (χ2v) is 10.6. The van der Waals surface area contributed by atoms with E-state index in [9.17, 15) is 9.59 Å². The molecule has 5 aliphatic carbocycles. The van der Waals surface area contributed by atoms with Gasteiger partial charge < -0.3 is 14.6 Å². The van der Waals surface area contributed by atoms with Crippen LogP contribution in [0.5, 0.6) is 0 Å². The lowest BCUT2D eigenvalue weighted by molar-refractivity contribution is -0.146. The zero-order chi connectivity index (χ0) is 20.2. The van der Waals surface area contributed by atoms with Crippen molar-refractivity contribution in [2.75, 3.05) is 13.6 Å². The number of nitrogens with zero attached hydrogens (tertiary/aromatic N) is 1.